The van der Waals surface area contributed by atoms with Crippen LogP contribution in [0.2, 0.25) is 0 Å². The third kappa shape index (κ3) is 3.36. The molecule has 0 spiro atoms. The third-order valence-electron chi connectivity index (χ3n) is 3.42. The minimum atomic E-state index is -0.0277. The highest BCUT2D eigenvalue weighted by atomic mass is 79.9. The first-order valence-corrected chi connectivity index (χ1v) is 7.65. The van der Waals surface area contributed by atoms with Gasteiger partial charge in [0.05, 0.1) is 0 Å². The van der Waals surface area contributed by atoms with Crippen LogP contribution in [0.3, 0.4) is 0 Å². The minimum Gasteiger partial charge on any atom is -0.381 e. The van der Waals surface area contributed by atoms with Gasteiger partial charge >= 0.3 is 6.03 Å². The van der Waals surface area contributed by atoms with Gasteiger partial charge in [0.1, 0.15) is 0 Å². The number of halogens is 1. The summed E-state index contributed by atoms with van der Waals surface area (Å²) in [5.74, 6) is 0. The molecule has 0 atom stereocenters. The van der Waals surface area contributed by atoms with Crippen LogP contribution >= 0.6 is 15.9 Å². The van der Waals surface area contributed by atoms with E-state index >= 15 is 0 Å². The Bertz CT molecular complexity index is 642. The van der Waals surface area contributed by atoms with Crippen LogP contribution in [0.25, 0.3) is 0 Å². The molecule has 108 valence electrons. The molecule has 5 heteroatoms. The van der Waals surface area contributed by atoms with Gasteiger partial charge < -0.3 is 10.6 Å². The van der Waals surface area contributed by atoms with Gasteiger partial charge in [0.15, 0.2) is 0 Å². The first-order valence-electron chi connectivity index (χ1n) is 6.86. The van der Waals surface area contributed by atoms with Crippen molar-refractivity contribution in [1.29, 1.82) is 0 Å². The average Bonchev–Trinajstić information content (AvgIpc) is 2.93. The van der Waals surface area contributed by atoms with Crippen LogP contribution in [0.5, 0.6) is 0 Å². The van der Waals surface area contributed by atoms with Crippen molar-refractivity contribution in [3.05, 3.63) is 58.6 Å². The van der Waals surface area contributed by atoms with E-state index in [-0.39, 0.29) is 6.03 Å². The number of carbonyl (C=O) groups excluding carboxylic acids is 1. The van der Waals surface area contributed by atoms with Crippen molar-refractivity contribution < 1.29 is 4.79 Å². The van der Waals surface area contributed by atoms with Gasteiger partial charge in [0, 0.05) is 35.5 Å². The molecule has 2 amide bonds. The summed E-state index contributed by atoms with van der Waals surface area (Å²) in [6, 6.07) is 16.1. The van der Waals surface area contributed by atoms with Crippen molar-refractivity contribution in [2.45, 2.75) is 6.54 Å². The predicted octanol–water partition coefficient (Wildman–Crippen LogP) is 3.59. The Morgan fingerprint density at radius 3 is 2.71 bits per heavy atom. The van der Waals surface area contributed by atoms with Crippen LogP contribution in [0.1, 0.15) is 5.56 Å². The van der Waals surface area contributed by atoms with Crippen molar-refractivity contribution in [2.24, 2.45) is 0 Å². The summed E-state index contributed by atoms with van der Waals surface area (Å²) >= 11 is 3.43. The number of urea groups is 1. The normalized spacial score (nSPS) is 14.1. The number of benzene rings is 2. The standard InChI is InChI=1S/C16H16BrN3O/c17-13-6-4-12(5-7-13)11-19-14-2-1-3-15(10-14)20-9-8-18-16(20)21/h1-7,10,19H,8-9,11H2,(H,18,21). The molecule has 0 radical (unpaired) electrons. The second-order valence-corrected chi connectivity index (χ2v) is 5.83. The fourth-order valence-electron chi connectivity index (χ4n) is 2.31. The van der Waals surface area contributed by atoms with Crippen molar-refractivity contribution in [3.8, 4) is 0 Å². The highest BCUT2D eigenvalue weighted by Gasteiger charge is 2.20. The van der Waals surface area contributed by atoms with E-state index in [4.69, 9.17) is 0 Å². The van der Waals surface area contributed by atoms with Gasteiger partial charge in [-0.3, -0.25) is 4.90 Å². The molecule has 1 aliphatic rings. The van der Waals surface area contributed by atoms with Crippen LogP contribution in [0.15, 0.2) is 53.0 Å². The molecule has 2 aromatic rings. The smallest absolute Gasteiger partial charge is 0.321 e. The first-order chi connectivity index (χ1) is 10.2. The molecule has 2 aromatic carbocycles. The van der Waals surface area contributed by atoms with Crippen LogP contribution in [-0.4, -0.2) is 19.1 Å². The van der Waals surface area contributed by atoms with Gasteiger partial charge in [-0.25, -0.2) is 4.79 Å². The number of hydrogen-bond acceptors (Lipinski definition) is 2. The second kappa shape index (κ2) is 6.18. The molecule has 1 fully saturated rings. The number of rotatable bonds is 4. The first kappa shape index (κ1) is 13.9. The van der Waals surface area contributed by atoms with Gasteiger partial charge in [-0.05, 0) is 35.9 Å². The lowest BCUT2D eigenvalue weighted by atomic mass is 10.2. The maximum atomic E-state index is 11.7. The molecule has 0 unspecified atom stereocenters. The Morgan fingerprint density at radius 2 is 2.00 bits per heavy atom. The number of nitrogens with zero attached hydrogens (tertiary/aromatic N) is 1. The van der Waals surface area contributed by atoms with Crippen LogP contribution in [-0.2, 0) is 6.54 Å². The van der Waals surface area contributed by atoms with Crippen LogP contribution in [0.4, 0.5) is 16.2 Å². The highest BCUT2D eigenvalue weighted by Crippen LogP contribution is 2.21. The Morgan fingerprint density at radius 1 is 1.19 bits per heavy atom. The Hall–Kier alpha value is -2.01. The quantitative estimate of drug-likeness (QED) is 0.889. The van der Waals surface area contributed by atoms with E-state index in [1.54, 1.807) is 4.90 Å². The number of anilines is 2. The molecule has 0 saturated carbocycles. The van der Waals surface area contributed by atoms with Gasteiger partial charge in [0.25, 0.3) is 0 Å². The Labute approximate surface area is 132 Å². The fraction of sp³-hybridized carbons (Fsp3) is 0.188. The van der Waals surface area contributed by atoms with Crippen molar-refractivity contribution >= 4 is 33.3 Å². The lowest BCUT2D eigenvalue weighted by molar-refractivity contribution is 0.252. The fourth-order valence-corrected chi connectivity index (χ4v) is 2.57. The number of nitrogens with one attached hydrogen (secondary N) is 2. The average molecular weight is 346 g/mol. The van der Waals surface area contributed by atoms with E-state index in [1.165, 1.54) is 5.56 Å². The van der Waals surface area contributed by atoms with E-state index in [0.29, 0.717) is 6.54 Å². The Kier molecular flexibility index (Phi) is 4.10. The van der Waals surface area contributed by atoms with Crippen molar-refractivity contribution in [1.82, 2.24) is 5.32 Å². The van der Waals surface area contributed by atoms with Gasteiger partial charge in [-0.2, -0.15) is 0 Å². The maximum absolute atomic E-state index is 11.7. The van der Waals surface area contributed by atoms with Crippen LogP contribution in [0, 0.1) is 0 Å². The van der Waals surface area contributed by atoms with Crippen LogP contribution < -0.4 is 15.5 Å². The SMILES string of the molecule is O=C1NCCN1c1cccc(NCc2ccc(Br)cc2)c1. The van der Waals surface area contributed by atoms with E-state index in [9.17, 15) is 4.79 Å². The molecule has 1 saturated heterocycles. The summed E-state index contributed by atoms with van der Waals surface area (Å²) in [5.41, 5.74) is 3.14. The largest absolute Gasteiger partial charge is 0.381 e. The lowest BCUT2D eigenvalue weighted by Crippen LogP contribution is -2.27. The van der Waals surface area contributed by atoms with Gasteiger partial charge in [-0.1, -0.05) is 34.1 Å². The van der Waals surface area contributed by atoms with E-state index in [0.717, 1.165) is 28.9 Å². The summed E-state index contributed by atoms with van der Waals surface area (Å²) < 4.78 is 1.08. The molecule has 0 aliphatic carbocycles. The topological polar surface area (TPSA) is 44.4 Å². The molecule has 0 aromatic heterocycles. The summed E-state index contributed by atoms with van der Waals surface area (Å²) in [6.07, 6.45) is 0. The maximum Gasteiger partial charge on any atom is 0.321 e. The van der Waals surface area contributed by atoms with Crippen molar-refractivity contribution in [3.63, 3.8) is 0 Å². The zero-order chi connectivity index (χ0) is 14.7. The monoisotopic (exact) mass is 345 g/mol. The summed E-state index contributed by atoms with van der Waals surface area (Å²) in [6.45, 7) is 2.17. The zero-order valence-corrected chi connectivity index (χ0v) is 13.1. The second-order valence-electron chi connectivity index (χ2n) is 4.91. The molecule has 2 N–H and O–H groups in total. The molecule has 21 heavy (non-hydrogen) atoms. The molecule has 1 aliphatic heterocycles. The summed E-state index contributed by atoms with van der Waals surface area (Å²) in [5, 5.41) is 6.20. The molecule has 4 nitrogen and oxygen atoms in total. The predicted molar refractivity (Wildman–Crippen MR) is 88.7 cm³/mol. The third-order valence-corrected chi connectivity index (χ3v) is 3.95. The van der Waals surface area contributed by atoms with E-state index in [2.05, 4.69) is 38.7 Å². The summed E-state index contributed by atoms with van der Waals surface area (Å²) in [7, 11) is 0. The number of hydrogen-bond donors (Lipinski definition) is 2. The van der Waals surface area contributed by atoms with Crippen molar-refractivity contribution in [2.75, 3.05) is 23.3 Å². The highest BCUT2D eigenvalue weighted by molar-refractivity contribution is 9.10. The molecule has 1 heterocycles. The van der Waals surface area contributed by atoms with E-state index in [1.807, 2.05) is 36.4 Å². The molecule has 0 bridgehead atoms. The zero-order valence-electron chi connectivity index (χ0n) is 11.5. The van der Waals surface area contributed by atoms with Gasteiger partial charge in [-0.15, -0.1) is 0 Å². The van der Waals surface area contributed by atoms with E-state index < -0.39 is 0 Å². The van der Waals surface area contributed by atoms with Gasteiger partial charge in [0.2, 0.25) is 0 Å². The Balaban J connectivity index is 1.68. The molecule has 3 rings (SSSR count). The lowest BCUT2D eigenvalue weighted by Gasteiger charge is -2.16. The number of carbonyl (C=O) groups is 1. The molecular weight excluding hydrogens is 330 g/mol. The molecular formula is C16H16BrN3O. The number of amides is 2. The minimum absolute atomic E-state index is 0.0277. The summed E-state index contributed by atoms with van der Waals surface area (Å²) in [4.78, 5) is 13.4.